The largest absolute Gasteiger partial charge is 0.353 e. The van der Waals surface area contributed by atoms with Crippen LogP contribution in [0.1, 0.15) is 11.5 Å². The molecule has 122 valence electrons. The second-order valence-corrected chi connectivity index (χ2v) is 5.61. The molecule has 24 heavy (non-hydrogen) atoms. The molecular weight excluding hydrogens is 327 g/mol. The van der Waals surface area contributed by atoms with Gasteiger partial charge in [0.25, 0.3) is 0 Å². The van der Waals surface area contributed by atoms with Crippen LogP contribution in [0.25, 0.3) is 11.4 Å². The number of hydrogen-bond donors (Lipinski definition) is 2. The fourth-order valence-electron chi connectivity index (χ4n) is 2.13. The molecular formula is C17H15FN4OS. The monoisotopic (exact) mass is 342 g/mol. The summed E-state index contributed by atoms with van der Waals surface area (Å²) < 4.78 is 18.3. The average Bonchev–Trinajstić information content (AvgIpc) is 3.02. The van der Waals surface area contributed by atoms with Crippen molar-refractivity contribution in [2.45, 2.75) is 13.5 Å². The van der Waals surface area contributed by atoms with Gasteiger partial charge in [0.15, 0.2) is 5.11 Å². The minimum atomic E-state index is -0.331. The maximum absolute atomic E-state index is 13.1. The Kier molecular flexibility index (Phi) is 4.81. The highest BCUT2D eigenvalue weighted by atomic mass is 32.1. The van der Waals surface area contributed by atoms with E-state index in [9.17, 15) is 4.39 Å². The number of halogens is 1. The van der Waals surface area contributed by atoms with Crippen LogP contribution in [0, 0.1) is 12.7 Å². The van der Waals surface area contributed by atoms with Crippen molar-refractivity contribution in [2.75, 3.05) is 5.32 Å². The lowest BCUT2D eigenvalue weighted by Gasteiger charge is -2.08. The van der Waals surface area contributed by atoms with E-state index in [0.29, 0.717) is 22.5 Å². The van der Waals surface area contributed by atoms with Crippen LogP contribution < -0.4 is 10.6 Å². The van der Waals surface area contributed by atoms with E-state index >= 15 is 0 Å². The Bertz CT molecular complexity index is 865. The lowest BCUT2D eigenvalue weighted by molar-refractivity contribution is 0.376. The van der Waals surface area contributed by atoms with Gasteiger partial charge < -0.3 is 15.2 Å². The molecule has 3 aromatic rings. The van der Waals surface area contributed by atoms with Crippen molar-refractivity contribution < 1.29 is 8.91 Å². The lowest BCUT2D eigenvalue weighted by atomic mass is 10.1. The predicted molar refractivity (Wildman–Crippen MR) is 93.9 cm³/mol. The summed E-state index contributed by atoms with van der Waals surface area (Å²) in [6, 6.07) is 13.9. The summed E-state index contributed by atoms with van der Waals surface area (Å²) in [5.74, 6) is 0.608. The van der Waals surface area contributed by atoms with E-state index in [1.165, 1.54) is 12.1 Å². The van der Waals surface area contributed by atoms with E-state index in [-0.39, 0.29) is 12.4 Å². The molecule has 3 rings (SSSR count). The number of aryl methyl sites for hydroxylation is 1. The van der Waals surface area contributed by atoms with Crippen molar-refractivity contribution in [1.82, 2.24) is 15.5 Å². The quantitative estimate of drug-likeness (QED) is 0.706. The Balaban J connectivity index is 1.58. The smallest absolute Gasteiger partial charge is 0.246 e. The van der Waals surface area contributed by atoms with Gasteiger partial charge in [0.2, 0.25) is 11.7 Å². The van der Waals surface area contributed by atoms with Gasteiger partial charge in [-0.05, 0) is 43.4 Å². The van der Waals surface area contributed by atoms with Crippen LogP contribution in [-0.2, 0) is 6.54 Å². The first-order chi connectivity index (χ1) is 11.6. The van der Waals surface area contributed by atoms with Gasteiger partial charge in [-0.3, -0.25) is 0 Å². The molecule has 0 fully saturated rings. The molecule has 0 radical (unpaired) electrons. The molecule has 1 heterocycles. The SMILES string of the molecule is Cc1cccc(-c2noc(CNC(=S)Nc3cccc(F)c3)n2)c1. The second-order valence-electron chi connectivity index (χ2n) is 5.20. The molecule has 5 nitrogen and oxygen atoms in total. The zero-order chi connectivity index (χ0) is 16.9. The van der Waals surface area contributed by atoms with Crippen molar-refractivity contribution in [3.8, 4) is 11.4 Å². The summed E-state index contributed by atoms with van der Waals surface area (Å²) in [4.78, 5) is 4.33. The molecule has 2 N–H and O–H groups in total. The zero-order valence-corrected chi connectivity index (χ0v) is 13.7. The third kappa shape index (κ3) is 4.14. The predicted octanol–water partition coefficient (Wildman–Crippen LogP) is 3.67. The third-order valence-electron chi connectivity index (χ3n) is 3.23. The Morgan fingerprint density at radius 2 is 2.04 bits per heavy atom. The van der Waals surface area contributed by atoms with Crippen molar-refractivity contribution in [3.05, 3.63) is 65.8 Å². The molecule has 2 aromatic carbocycles. The van der Waals surface area contributed by atoms with Crippen molar-refractivity contribution in [2.24, 2.45) is 0 Å². The number of hydrogen-bond acceptors (Lipinski definition) is 4. The first-order valence-electron chi connectivity index (χ1n) is 7.30. The number of nitrogens with one attached hydrogen (secondary N) is 2. The Hall–Kier alpha value is -2.80. The highest BCUT2D eigenvalue weighted by Gasteiger charge is 2.09. The molecule has 0 aliphatic heterocycles. The molecule has 7 heteroatoms. The van der Waals surface area contributed by atoms with Gasteiger partial charge in [-0.15, -0.1) is 0 Å². The van der Waals surface area contributed by atoms with Gasteiger partial charge in [-0.1, -0.05) is 35.0 Å². The van der Waals surface area contributed by atoms with Crippen LogP contribution >= 0.6 is 12.2 Å². The van der Waals surface area contributed by atoms with Crippen molar-refractivity contribution in [1.29, 1.82) is 0 Å². The standard InChI is InChI=1S/C17H15FN4OS/c1-11-4-2-5-12(8-11)16-21-15(23-22-16)10-19-17(24)20-14-7-3-6-13(18)9-14/h2-9H,10H2,1H3,(H2,19,20,24). The second kappa shape index (κ2) is 7.18. The van der Waals surface area contributed by atoms with E-state index < -0.39 is 0 Å². The molecule has 1 aromatic heterocycles. The summed E-state index contributed by atoms with van der Waals surface area (Å²) in [6.45, 7) is 2.28. The molecule has 0 spiro atoms. The van der Waals surface area contributed by atoms with Crippen molar-refractivity contribution in [3.63, 3.8) is 0 Å². The first kappa shape index (κ1) is 16.1. The van der Waals surface area contributed by atoms with E-state index in [1.807, 2.05) is 31.2 Å². The van der Waals surface area contributed by atoms with Gasteiger partial charge in [0.05, 0.1) is 6.54 Å². The molecule has 0 aliphatic carbocycles. The van der Waals surface area contributed by atoms with Gasteiger partial charge in [0, 0.05) is 11.3 Å². The molecule has 0 atom stereocenters. The molecule has 0 saturated heterocycles. The van der Waals surface area contributed by atoms with Crippen LogP contribution in [-0.4, -0.2) is 15.3 Å². The number of benzene rings is 2. The Morgan fingerprint density at radius 3 is 2.83 bits per heavy atom. The molecule has 0 amide bonds. The van der Waals surface area contributed by atoms with Gasteiger partial charge in [0.1, 0.15) is 5.82 Å². The Labute approximate surface area is 143 Å². The summed E-state index contributed by atoms with van der Waals surface area (Å²) >= 11 is 5.16. The van der Waals surface area contributed by atoms with Gasteiger partial charge >= 0.3 is 0 Å². The molecule has 0 unspecified atom stereocenters. The van der Waals surface area contributed by atoms with Crippen LogP contribution in [0.15, 0.2) is 53.1 Å². The van der Waals surface area contributed by atoms with Crippen LogP contribution in [0.4, 0.5) is 10.1 Å². The highest BCUT2D eigenvalue weighted by molar-refractivity contribution is 7.80. The van der Waals surface area contributed by atoms with E-state index in [0.717, 1.165) is 11.1 Å². The van der Waals surface area contributed by atoms with Crippen LogP contribution in [0.5, 0.6) is 0 Å². The minimum absolute atomic E-state index is 0.278. The third-order valence-corrected chi connectivity index (χ3v) is 3.47. The van der Waals surface area contributed by atoms with Crippen molar-refractivity contribution >= 4 is 23.0 Å². The molecule has 0 aliphatic rings. The fourth-order valence-corrected chi connectivity index (χ4v) is 2.32. The number of nitrogens with zero attached hydrogens (tertiary/aromatic N) is 2. The summed E-state index contributed by atoms with van der Waals surface area (Å²) in [5.41, 5.74) is 2.58. The Morgan fingerprint density at radius 1 is 1.21 bits per heavy atom. The minimum Gasteiger partial charge on any atom is -0.353 e. The van der Waals surface area contributed by atoms with E-state index in [4.69, 9.17) is 16.7 Å². The summed E-state index contributed by atoms with van der Waals surface area (Å²) in [5, 5.41) is 10.1. The summed E-state index contributed by atoms with van der Waals surface area (Å²) in [7, 11) is 0. The van der Waals surface area contributed by atoms with Crippen LogP contribution in [0.2, 0.25) is 0 Å². The van der Waals surface area contributed by atoms with E-state index in [1.54, 1.807) is 12.1 Å². The van der Waals surface area contributed by atoms with Gasteiger partial charge in [-0.25, -0.2) is 4.39 Å². The topological polar surface area (TPSA) is 63.0 Å². The zero-order valence-electron chi connectivity index (χ0n) is 12.9. The number of rotatable bonds is 4. The maximum atomic E-state index is 13.1. The highest BCUT2D eigenvalue weighted by Crippen LogP contribution is 2.16. The fraction of sp³-hybridized carbons (Fsp3) is 0.118. The number of anilines is 1. The molecule has 0 bridgehead atoms. The lowest BCUT2D eigenvalue weighted by Crippen LogP contribution is -2.28. The summed E-state index contributed by atoms with van der Waals surface area (Å²) in [6.07, 6.45) is 0. The molecule has 0 saturated carbocycles. The number of thiocarbonyl (C=S) groups is 1. The van der Waals surface area contributed by atoms with Gasteiger partial charge in [-0.2, -0.15) is 4.98 Å². The van der Waals surface area contributed by atoms with E-state index in [2.05, 4.69) is 20.8 Å². The van der Waals surface area contributed by atoms with Crippen LogP contribution in [0.3, 0.4) is 0 Å². The maximum Gasteiger partial charge on any atom is 0.246 e. The number of aromatic nitrogens is 2. The first-order valence-corrected chi connectivity index (χ1v) is 7.71. The normalized spacial score (nSPS) is 10.4. The average molecular weight is 342 g/mol.